The number of rotatable bonds is 3. The average Bonchev–Trinajstić information content (AvgIpc) is 3.51. The molecule has 3 aromatic carbocycles. The molecule has 0 aliphatic rings. The van der Waals surface area contributed by atoms with E-state index < -0.39 is 0 Å². The number of hydrogen-bond donors (Lipinski definition) is 0. The summed E-state index contributed by atoms with van der Waals surface area (Å²) in [5.74, 6) is 3.82. The lowest BCUT2D eigenvalue weighted by Gasteiger charge is -2.13. The molecule has 0 aliphatic carbocycles. The molecule has 0 atom stereocenters. The molecule has 0 saturated heterocycles. The van der Waals surface area contributed by atoms with Gasteiger partial charge in [-0.05, 0) is 57.2 Å². The summed E-state index contributed by atoms with van der Waals surface area (Å²) in [4.78, 5) is 29.1. The Labute approximate surface area is 205 Å². The number of nitrogens with zero attached hydrogens (tertiary/aromatic N) is 9. The number of aromatic nitrogens is 9. The summed E-state index contributed by atoms with van der Waals surface area (Å²) in [6.07, 6.45) is 0. The molecule has 0 fully saturated rings. The van der Waals surface area contributed by atoms with Crippen molar-refractivity contribution in [1.29, 1.82) is 0 Å². The molecule has 4 heterocycles. The maximum Gasteiger partial charge on any atom is 0.242 e. The van der Waals surface area contributed by atoms with Gasteiger partial charge in [-0.1, -0.05) is 36.4 Å². The highest BCUT2D eigenvalue weighted by molar-refractivity contribution is 5.80. The van der Waals surface area contributed by atoms with Crippen LogP contribution in [0, 0.1) is 20.8 Å². The second-order valence-corrected chi connectivity index (χ2v) is 8.68. The van der Waals surface area contributed by atoms with Crippen LogP contribution in [0.25, 0.3) is 50.9 Å². The number of para-hydroxylation sites is 6. The minimum absolute atomic E-state index is 0.482. The van der Waals surface area contributed by atoms with Gasteiger partial charge in [-0.2, -0.15) is 15.0 Å². The van der Waals surface area contributed by atoms with Crippen LogP contribution in [0.5, 0.6) is 0 Å². The molecule has 0 N–H and O–H groups in total. The summed E-state index contributed by atoms with van der Waals surface area (Å²) in [7, 11) is 0. The van der Waals surface area contributed by atoms with Crippen molar-refractivity contribution in [1.82, 2.24) is 43.6 Å². The monoisotopic (exact) mass is 471 g/mol. The van der Waals surface area contributed by atoms with Crippen molar-refractivity contribution in [3.63, 3.8) is 0 Å². The highest BCUT2D eigenvalue weighted by Gasteiger charge is 2.20. The van der Waals surface area contributed by atoms with Crippen LogP contribution in [-0.2, 0) is 0 Å². The second kappa shape index (κ2) is 7.54. The van der Waals surface area contributed by atoms with Gasteiger partial charge in [0.2, 0.25) is 17.8 Å². The molecule has 0 unspecified atom stereocenters. The van der Waals surface area contributed by atoms with Gasteiger partial charge in [0.25, 0.3) is 0 Å². The van der Waals surface area contributed by atoms with Crippen LogP contribution in [0.3, 0.4) is 0 Å². The van der Waals surface area contributed by atoms with Gasteiger partial charge >= 0.3 is 0 Å². The van der Waals surface area contributed by atoms with Crippen LogP contribution in [0.1, 0.15) is 17.5 Å². The minimum atomic E-state index is 0.482. The van der Waals surface area contributed by atoms with Crippen molar-refractivity contribution in [2.24, 2.45) is 0 Å². The summed E-state index contributed by atoms with van der Waals surface area (Å²) in [6.45, 7) is 5.87. The molecule has 0 amide bonds. The first kappa shape index (κ1) is 20.5. The van der Waals surface area contributed by atoms with E-state index in [0.717, 1.165) is 50.6 Å². The van der Waals surface area contributed by atoms with Crippen LogP contribution < -0.4 is 0 Å². The molecule has 0 aliphatic heterocycles. The smallest absolute Gasteiger partial charge is 0.242 e. The summed E-state index contributed by atoms with van der Waals surface area (Å²) in [6, 6.07) is 23.9. The highest BCUT2D eigenvalue weighted by atomic mass is 15.3. The third-order valence-electron chi connectivity index (χ3n) is 6.39. The molecule has 7 aromatic rings. The van der Waals surface area contributed by atoms with E-state index >= 15 is 0 Å². The average molecular weight is 472 g/mol. The lowest BCUT2D eigenvalue weighted by molar-refractivity contribution is 0.788. The van der Waals surface area contributed by atoms with Gasteiger partial charge in [-0.25, -0.2) is 15.0 Å². The Morgan fingerprint density at radius 1 is 0.389 bits per heavy atom. The van der Waals surface area contributed by atoms with Crippen molar-refractivity contribution in [3.05, 3.63) is 90.3 Å². The lowest BCUT2D eigenvalue weighted by Crippen LogP contribution is -2.15. The normalized spacial score (nSPS) is 11.8. The topological polar surface area (TPSA) is 92.1 Å². The van der Waals surface area contributed by atoms with Gasteiger partial charge in [-0.3, -0.25) is 13.7 Å². The molecule has 0 saturated carbocycles. The molecule has 7 rings (SSSR count). The van der Waals surface area contributed by atoms with E-state index in [2.05, 4.69) is 0 Å². The molecule has 0 spiro atoms. The number of imidazole rings is 3. The summed E-state index contributed by atoms with van der Waals surface area (Å²) in [5.41, 5.74) is 5.43. The Morgan fingerprint density at radius 3 is 0.972 bits per heavy atom. The number of aryl methyl sites for hydroxylation is 3. The molecule has 36 heavy (non-hydrogen) atoms. The largest absolute Gasteiger partial charge is 0.264 e. The van der Waals surface area contributed by atoms with Crippen LogP contribution in [0.4, 0.5) is 0 Å². The molecular weight excluding hydrogens is 450 g/mol. The first-order valence-corrected chi connectivity index (χ1v) is 11.7. The summed E-state index contributed by atoms with van der Waals surface area (Å²) >= 11 is 0. The van der Waals surface area contributed by atoms with Crippen molar-refractivity contribution in [2.45, 2.75) is 20.8 Å². The predicted octanol–water partition coefficient (Wildman–Crippen LogP) is 4.81. The third-order valence-corrected chi connectivity index (χ3v) is 6.39. The number of hydrogen-bond acceptors (Lipinski definition) is 6. The molecule has 9 heteroatoms. The van der Waals surface area contributed by atoms with E-state index in [4.69, 9.17) is 29.9 Å². The summed E-state index contributed by atoms with van der Waals surface area (Å²) in [5, 5.41) is 0. The zero-order chi connectivity index (χ0) is 24.4. The standard InChI is InChI=1S/C27H21N9/c1-16-28-19-10-4-7-13-22(19)34(16)25-31-26(35-17(2)29-20-11-5-8-14-23(20)35)33-27(32-25)36-18(3)30-21-12-6-9-15-24(21)36/h4-15H,1-3H3. The van der Waals surface area contributed by atoms with Gasteiger partial charge in [0, 0.05) is 0 Å². The molecule has 4 aromatic heterocycles. The van der Waals surface area contributed by atoms with Crippen LogP contribution in [0.15, 0.2) is 72.8 Å². The number of benzene rings is 3. The van der Waals surface area contributed by atoms with Gasteiger partial charge in [0.15, 0.2) is 0 Å². The van der Waals surface area contributed by atoms with E-state index in [1.54, 1.807) is 0 Å². The molecular formula is C27H21N9. The quantitative estimate of drug-likeness (QED) is 0.367. The summed E-state index contributed by atoms with van der Waals surface area (Å²) < 4.78 is 5.90. The number of fused-ring (bicyclic) bond motifs is 3. The fourth-order valence-corrected chi connectivity index (χ4v) is 4.84. The fourth-order valence-electron chi connectivity index (χ4n) is 4.84. The predicted molar refractivity (Wildman–Crippen MR) is 138 cm³/mol. The molecule has 9 nitrogen and oxygen atoms in total. The third kappa shape index (κ3) is 2.96. The van der Waals surface area contributed by atoms with Crippen molar-refractivity contribution >= 4 is 33.1 Å². The van der Waals surface area contributed by atoms with Crippen molar-refractivity contribution in [3.8, 4) is 17.8 Å². The Hall–Kier alpha value is -4.92. The van der Waals surface area contributed by atoms with Crippen molar-refractivity contribution in [2.75, 3.05) is 0 Å². The molecule has 174 valence electrons. The highest BCUT2D eigenvalue weighted by Crippen LogP contribution is 2.25. The van der Waals surface area contributed by atoms with E-state index in [1.807, 2.05) is 107 Å². The second-order valence-electron chi connectivity index (χ2n) is 8.68. The van der Waals surface area contributed by atoms with E-state index in [-0.39, 0.29) is 0 Å². The first-order valence-electron chi connectivity index (χ1n) is 11.7. The maximum atomic E-state index is 4.95. The van der Waals surface area contributed by atoms with E-state index in [9.17, 15) is 0 Å². The lowest BCUT2D eigenvalue weighted by atomic mass is 10.3. The zero-order valence-corrected chi connectivity index (χ0v) is 20.0. The SMILES string of the molecule is Cc1nc2ccccc2n1-c1nc(-n2c(C)nc3ccccc32)nc(-n2c(C)nc3ccccc32)n1. The van der Waals surface area contributed by atoms with E-state index in [1.165, 1.54) is 0 Å². The Morgan fingerprint density at radius 2 is 0.667 bits per heavy atom. The maximum absolute atomic E-state index is 4.95. The Balaban J connectivity index is 1.58. The zero-order valence-electron chi connectivity index (χ0n) is 20.0. The fraction of sp³-hybridized carbons (Fsp3) is 0.111. The van der Waals surface area contributed by atoms with Gasteiger partial charge in [0.05, 0.1) is 33.1 Å². The molecule has 0 bridgehead atoms. The van der Waals surface area contributed by atoms with Gasteiger partial charge < -0.3 is 0 Å². The van der Waals surface area contributed by atoms with Gasteiger partial charge in [0.1, 0.15) is 17.5 Å². The van der Waals surface area contributed by atoms with E-state index in [0.29, 0.717) is 17.8 Å². The van der Waals surface area contributed by atoms with Crippen molar-refractivity contribution < 1.29 is 0 Å². The van der Waals surface area contributed by atoms with Crippen LogP contribution in [-0.4, -0.2) is 43.6 Å². The Bertz CT molecular complexity index is 1700. The minimum Gasteiger partial charge on any atom is -0.264 e. The van der Waals surface area contributed by atoms with Crippen LogP contribution >= 0.6 is 0 Å². The Kier molecular flexibility index (Phi) is 4.28. The first-order chi connectivity index (χ1) is 17.6. The van der Waals surface area contributed by atoms with Crippen LogP contribution in [0.2, 0.25) is 0 Å². The van der Waals surface area contributed by atoms with Gasteiger partial charge in [-0.15, -0.1) is 0 Å². The molecule has 0 radical (unpaired) electrons.